The number of ether oxygens (including phenoxy) is 1. The quantitative estimate of drug-likeness (QED) is 0.809. The van der Waals surface area contributed by atoms with Crippen LogP contribution in [0.5, 0.6) is 0 Å². The largest absolute Gasteiger partial charge is 0.389 e. The fourth-order valence-electron chi connectivity index (χ4n) is 4.61. The van der Waals surface area contributed by atoms with Crippen LogP contribution in [0.1, 0.15) is 73.1 Å². The van der Waals surface area contributed by atoms with Gasteiger partial charge in [0.15, 0.2) is 0 Å². The van der Waals surface area contributed by atoms with Gasteiger partial charge in [-0.3, -0.25) is 0 Å². The lowest BCUT2D eigenvalue weighted by Gasteiger charge is -2.47. The molecule has 0 spiro atoms. The molecule has 0 amide bonds. The van der Waals surface area contributed by atoms with Crippen LogP contribution in [0.4, 0.5) is 0 Å². The van der Waals surface area contributed by atoms with Gasteiger partial charge in [-0.05, 0) is 52.9 Å². The number of hydrogen-bond acceptors (Lipinski definition) is 2. The fraction of sp³-hybridized carbons (Fsp3) is 1.00. The molecule has 0 aromatic rings. The number of hydrogen-bond donors (Lipinski definition) is 1. The number of aliphatic hydroxyl groups is 1. The topological polar surface area (TPSA) is 29.5 Å². The highest BCUT2D eigenvalue weighted by molar-refractivity contribution is 5.06. The maximum absolute atomic E-state index is 11.3. The lowest BCUT2D eigenvalue weighted by molar-refractivity contribution is -0.147. The molecule has 2 nitrogen and oxygen atoms in total. The van der Waals surface area contributed by atoms with Crippen molar-refractivity contribution in [1.29, 1.82) is 0 Å². The summed E-state index contributed by atoms with van der Waals surface area (Å²) in [6.45, 7) is 10.8. The summed E-state index contributed by atoms with van der Waals surface area (Å²) < 4.78 is 6.20. The first-order valence-corrected chi connectivity index (χ1v) is 7.64. The molecule has 2 heteroatoms. The summed E-state index contributed by atoms with van der Waals surface area (Å²) in [6, 6.07) is 0. The predicted molar refractivity (Wildman–Crippen MR) is 74.5 cm³/mol. The van der Waals surface area contributed by atoms with Gasteiger partial charge in [0.2, 0.25) is 0 Å². The van der Waals surface area contributed by atoms with Gasteiger partial charge in [0, 0.05) is 5.92 Å². The second-order valence-electron chi connectivity index (χ2n) is 7.56. The SMILES string of the molecule is CCC1CCCCC1(O)C1CC(C)(C)OC1(C)C. The van der Waals surface area contributed by atoms with Crippen LogP contribution in [-0.2, 0) is 4.74 Å². The van der Waals surface area contributed by atoms with E-state index in [1.807, 2.05) is 0 Å². The Bertz CT molecular complexity index is 308. The van der Waals surface area contributed by atoms with Crippen LogP contribution in [0.2, 0.25) is 0 Å². The molecule has 18 heavy (non-hydrogen) atoms. The Balaban J connectivity index is 2.28. The van der Waals surface area contributed by atoms with Crippen LogP contribution in [0, 0.1) is 11.8 Å². The average Bonchev–Trinajstić information content (AvgIpc) is 2.48. The van der Waals surface area contributed by atoms with Gasteiger partial charge < -0.3 is 9.84 Å². The third-order valence-corrected chi connectivity index (χ3v) is 5.26. The highest BCUT2D eigenvalue weighted by Crippen LogP contribution is 2.53. The summed E-state index contributed by atoms with van der Waals surface area (Å²) in [4.78, 5) is 0. The molecule has 1 saturated heterocycles. The first-order chi connectivity index (χ1) is 8.21. The van der Waals surface area contributed by atoms with Crippen molar-refractivity contribution in [3.05, 3.63) is 0 Å². The predicted octanol–water partition coefficient (Wildman–Crippen LogP) is 3.91. The Kier molecular flexibility index (Phi) is 3.57. The second kappa shape index (κ2) is 4.49. The van der Waals surface area contributed by atoms with E-state index >= 15 is 0 Å². The molecule has 1 N–H and O–H groups in total. The van der Waals surface area contributed by atoms with Crippen molar-refractivity contribution in [2.75, 3.05) is 0 Å². The van der Waals surface area contributed by atoms with Crippen molar-refractivity contribution in [2.45, 2.75) is 89.9 Å². The van der Waals surface area contributed by atoms with Gasteiger partial charge in [0.1, 0.15) is 0 Å². The van der Waals surface area contributed by atoms with E-state index in [9.17, 15) is 5.11 Å². The Hall–Kier alpha value is -0.0800. The molecule has 1 aliphatic heterocycles. The molecule has 0 radical (unpaired) electrons. The lowest BCUT2D eigenvalue weighted by Crippen LogP contribution is -2.52. The van der Waals surface area contributed by atoms with Crippen LogP contribution in [0.25, 0.3) is 0 Å². The van der Waals surface area contributed by atoms with E-state index in [4.69, 9.17) is 4.74 Å². The van der Waals surface area contributed by atoms with Crippen molar-refractivity contribution in [2.24, 2.45) is 11.8 Å². The molecule has 2 fully saturated rings. The highest BCUT2D eigenvalue weighted by atomic mass is 16.5. The minimum Gasteiger partial charge on any atom is -0.389 e. The van der Waals surface area contributed by atoms with Crippen molar-refractivity contribution < 1.29 is 9.84 Å². The molecule has 1 saturated carbocycles. The van der Waals surface area contributed by atoms with Gasteiger partial charge >= 0.3 is 0 Å². The normalized spacial score (nSPS) is 43.0. The molecule has 0 aromatic carbocycles. The first-order valence-electron chi connectivity index (χ1n) is 7.64. The van der Waals surface area contributed by atoms with Gasteiger partial charge in [-0.1, -0.05) is 26.2 Å². The maximum atomic E-state index is 11.3. The zero-order valence-corrected chi connectivity index (χ0v) is 12.8. The van der Waals surface area contributed by atoms with E-state index in [1.54, 1.807) is 0 Å². The Morgan fingerprint density at radius 2 is 1.83 bits per heavy atom. The minimum atomic E-state index is -0.510. The third-order valence-electron chi connectivity index (χ3n) is 5.26. The zero-order chi connectivity index (χ0) is 13.6. The van der Waals surface area contributed by atoms with E-state index < -0.39 is 5.60 Å². The average molecular weight is 254 g/mol. The monoisotopic (exact) mass is 254 g/mol. The van der Waals surface area contributed by atoms with Gasteiger partial charge in [-0.15, -0.1) is 0 Å². The molecule has 2 rings (SSSR count). The van der Waals surface area contributed by atoms with E-state index in [0.29, 0.717) is 5.92 Å². The molecule has 2 aliphatic rings. The maximum Gasteiger partial charge on any atom is 0.0732 e. The summed E-state index contributed by atoms with van der Waals surface area (Å²) in [7, 11) is 0. The summed E-state index contributed by atoms with van der Waals surface area (Å²) in [6.07, 6.45) is 6.65. The Morgan fingerprint density at radius 3 is 2.33 bits per heavy atom. The molecule has 3 unspecified atom stereocenters. The van der Waals surface area contributed by atoms with Gasteiger partial charge in [0.25, 0.3) is 0 Å². The molecule has 1 aliphatic carbocycles. The molecular formula is C16H30O2. The summed E-state index contributed by atoms with van der Waals surface area (Å²) in [5.41, 5.74) is -0.813. The van der Waals surface area contributed by atoms with Crippen LogP contribution >= 0.6 is 0 Å². The summed E-state index contributed by atoms with van der Waals surface area (Å²) in [5, 5.41) is 11.3. The lowest BCUT2D eigenvalue weighted by atomic mass is 9.62. The Labute approximate surface area is 112 Å². The van der Waals surface area contributed by atoms with Crippen LogP contribution < -0.4 is 0 Å². The van der Waals surface area contributed by atoms with Crippen molar-refractivity contribution >= 4 is 0 Å². The van der Waals surface area contributed by atoms with Crippen LogP contribution in [0.3, 0.4) is 0 Å². The van der Waals surface area contributed by atoms with E-state index in [2.05, 4.69) is 34.6 Å². The van der Waals surface area contributed by atoms with Crippen LogP contribution in [0.15, 0.2) is 0 Å². The van der Waals surface area contributed by atoms with Crippen molar-refractivity contribution in [3.8, 4) is 0 Å². The Morgan fingerprint density at radius 1 is 1.17 bits per heavy atom. The van der Waals surface area contributed by atoms with Crippen molar-refractivity contribution in [3.63, 3.8) is 0 Å². The molecule has 0 aromatic heterocycles. The summed E-state index contributed by atoms with van der Waals surface area (Å²) >= 11 is 0. The molecule has 106 valence electrons. The van der Waals surface area contributed by atoms with E-state index in [1.165, 1.54) is 19.3 Å². The van der Waals surface area contributed by atoms with Crippen molar-refractivity contribution in [1.82, 2.24) is 0 Å². The molecule has 0 bridgehead atoms. The molecule has 1 heterocycles. The fourth-order valence-corrected chi connectivity index (χ4v) is 4.61. The minimum absolute atomic E-state index is 0.0976. The van der Waals surface area contributed by atoms with Crippen LogP contribution in [-0.4, -0.2) is 21.9 Å². The van der Waals surface area contributed by atoms with Gasteiger partial charge in [-0.2, -0.15) is 0 Å². The zero-order valence-electron chi connectivity index (χ0n) is 12.8. The number of rotatable bonds is 2. The van der Waals surface area contributed by atoms with Gasteiger partial charge in [-0.25, -0.2) is 0 Å². The molecular weight excluding hydrogens is 224 g/mol. The van der Waals surface area contributed by atoms with Gasteiger partial charge in [0.05, 0.1) is 16.8 Å². The van der Waals surface area contributed by atoms with E-state index in [0.717, 1.165) is 19.3 Å². The standard InChI is InChI=1S/C16H30O2/c1-6-12-9-7-8-10-16(12,17)13-11-14(2,3)18-15(13,4)5/h12-13,17H,6-11H2,1-5H3. The third kappa shape index (κ3) is 2.34. The van der Waals surface area contributed by atoms with E-state index in [-0.39, 0.29) is 17.1 Å². The highest BCUT2D eigenvalue weighted by Gasteiger charge is 2.57. The molecule has 3 atom stereocenters. The first kappa shape index (κ1) is 14.3. The smallest absolute Gasteiger partial charge is 0.0732 e. The summed E-state index contributed by atoms with van der Waals surface area (Å²) in [5.74, 6) is 0.721. The second-order valence-corrected chi connectivity index (χ2v) is 7.56.